The third-order valence-corrected chi connectivity index (χ3v) is 4.84. The van der Waals surface area contributed by atoms with Crippen LogP contribution in [0.2, 0.25) is 0 Å². The molecule has 0 aliphatic heterocycles. The zero-order valence-electron chi connectivity index (χ0n) is 17.5. The molecule has 3 rings (SSSR count). The van der Waals surface area contributed by atoms with Gasteiger partial charge >= 0.3 is 0 Å². The summed E-state index contributed by atoms with van der Waals surface area (Å²) < 4.78 is 24.4. The van der Waals surface area contributed by atoms with Crippen LogP contribution in [-0.2, 0) is 11.3 Å². The molecule has 0 saturated heterocycles. The molecule has 0 fully saturated rings. The largest absolute Gasteiger partial charge is 0.494 e. The van der Waals surface area contributed by atoms with Crippen molar-refractivity contribution >= 4 is 11.7 Å². The lowest BCUT2D eigenvalue weighted by Gasteiger charge is -2.21. The number of ether oxygens (including phenoxy) is 2. The lowest BCUT2D eigenvalue weighted by Crippen LogP contribution is -2.34. The number of likely N-dealkylation sites (N-methyl/N-ethyl adjacent to an activating group) is 1. The van der Waals surface area contributed by atoms with E-state index in [2.05, 4.69) is 0 Å². The van der Waals surface area contributed by atoms with Crippen molar-refractivity contribution in [2.75, 3.05) is 20.3 Å². The Morgan fingerprint density at radius 2 is 1.61 bits per heavy atom. The number of hydrogen-bond acceptors (Lipinski definition) is 4. The Bertz CT molecular complexity index is 1040. The Morgan fingerprint density at radius 1 is 0.935 bits per heavy atom. The quantitative estimate of drug-likeness (QED) is 0.478. The van der Waals surface area contributed by atoms with Gasteiger partial charge in [-0.15, -0.1) is 0 Å². The van der Waals surface area contributed by atoms with Crippen molar-refractivity contribution in [3.05, 3.63) is 95.3 Å². The number of amides is 1. The second kappa shape index (κ2) is 10.4. The van der Waals surface area contributed by atoms with Gasteiger partial charge in [-0.25, -0.2) is 4.39 Å². The number of nitrogens with zero attached hydrogens (tertiary/aromatic N) is 1. The fourth-order valence-electron chi connectivity index (χ4n) is 3.10. The lowest BCUT2D eigenvalue weighted by molar-refractivity contribution is -0.133. The Morgan fingerprint density at radius 3 is 2.23 bits per heavy atom. The molecule has 160 valence electrons. The van der Waals surface area contributed by atoms with Crippen LogP contribution in [0.15, 0.2) is 72.8 Å². The lowest BCUT2D eigenvalue weighted by atomic mass is 10.0. The molecule has 0 aliphatic carbocycles. The summed E-state index contributed by atoms with van der Waals surface area (Å²) in [7, 11) is 1.40. The predicted octanol–water partition coefficient (Wildman–Crippen LogP) is 4.49. The molecule has 0 aromatic heterocycles. The minimum atomic E-state index is -0.468. The fourth-order valence-corrected chi connectivity index (χ4v) is 3.10. The second-order valence-corrected chi connectivity index (χ2v) is 6.89. The summed E-state index contributed by atoms with van der Waals surface area (Å²) in [5.41, 5.74) is 1.82. The molecule has 31 heavy (non-hydrogen) atoms. The van der Waals surface area contributed by atoms with Crippen molar-refractivity contribution < 1.29 is 23.5 Å². The van der Waals surface area contributed by atoms with Crippen molar-refractivity contribution in [3.63, 3.8) is 0 Å². The van der Waals surface area contributed by atoms with Gasteiger partial charge in [0, 0.05) is 24.2 Å². The summed E-state index contributed by atoms with van der Waals surface area (Å²) in [6, 6.07) is 20.3. The maximum atomic E-state index is 13.9. The molecule has 0 atom stereocenters. The van der Waals surface area contributed by atoms with Crippen LogP contribution in [0.5, 0.6) is 11.5 Å². The molecule has 0 unspecified atom stereocenters. The van der Waals surface area contributed by atoms with Gasteiger partial charge in [-0.2, -0.15) is 0 Å². The van der Waals surface area contributed by atoms with Crippen molar-refractivity contribution in [1.82, 2.24) is 4.90 Å². The van der Waals surface area contributed by atoms with Crippen molar-refractivity contribution in [1.29, 1.82) is 0 Å². The number of halogens is 1. The molecular weight excluding hydrogens is 397 g/mol. The Balaban J connectivity index is 1.57. The molecule has 0 radical (unpaired) electrons. The summed E-state index contributed by atoms with van der Waals surface area (Å²) in [6.45, 7) is 2.42. The molecule has 0 heterocycles. The standard InChI is InChI=1S/C25H24FNO4/c1-3-27(16-18-9-14-23(30-2)22(26)15-18)24(28)17-31-21-12-10-20(11-13-21)25(29)19-7-5-4-6-8-19/h4-15H,3,16-17H2,1-2H3. The van der Waals surface area contributed by atoms with Crippen molar-refractivity contribution in [3.8, 4) is 11.5 Å². The molecule has 3 aromatic carbocycles. The first-order valence-electron chi connectivity index (χ1n) is 9.94. The zero-order valence-corrected chi connectivity index (χ0v) is 17.5. The third-order valence-electron chi connectivity index (χ3n) is 4.84. The molecule has 6 heteroatoms. The van der Waals surface area contributed by atoms with Gasteiger partial charge in [-0.05, 0) is 48.9 Å². The summed E-state index contributed by atoms with van der Waals surface area (Å²) in [4.78, 5) is 26.6. The summed E-state index contributed by atoms with van der Waals surface area (Å²) >= 11 is 0. The van der Waals surface area contributed by atoms with Crippen LogP contribution in [0.4, 0.5) is 4.39 Å². The van der Waals surface area contributed by atoms with Crippen LogP contribution in [0.25, 0.3) is 0 Å². The van der Waals surface area contributed by atoms with Gasteiger partial charge in [0.1, 0.15) is 5.75 Å². The highest BCUT2D eigenvalue weighted by atomic mass is 19.1. The number of ketones is 1. The average Bonchev–Trinajstić information content (AvgIpc) is 2.81. The van der Waals surface area contributed by atoms with Gasteiger partial charge in [0.25, 0.3) is 5.91 Å². The number of carbonyl (C=O) groups excluding carboxylic acids is 2. The average molecular weight is 421 g/mol. The van der Waals surface area contributed by atoms with Gasteiger partial charge in [0.05, 0.1) is 7.11 Å². The maximum Gasteiger partial charge on any atom is 0.260 e. The first-order chi connectivity index (χ1) is 15.0. The minimum absolute atomic E-state index is 0.0768. The van der Waals surface area contributed by atoms with E-state index in [4.69, 9.17) is 9.47 Å². The zero-order chi connectivity index (χ0) is 22.2. The van der Waals surface area contributed by atoms with E-state index in [1.807, 2.05) is 25.1 Å². The van der Waals surface area contributed by atoms with E-state index in [0.717, 1.165) is 0 Å². The van der Waals surface area contributed by atoms with Crippen LogP contribution >= 0.6 is 0 Å². The Labute approximate surface area is 181 Å². The van der Waals surface area contributed by atoms with Crippen LogP contribution in [0.3, 0.4) is 0 Å². The van der Waals surface area contributed by atoms with Crippen molar-refractivity contribution in [2.45, 2.75) is 13.5 Å². The highest BCUT2D eigenvalue weighted by Crippen LogP contribution is 2.19. The number of hydrogen-bond donors (Lipinski definition) is 0. The van der Waals surface area contributed by atoms with E-state index in [1.165, 1.54) is 19.2 Å². The summed E-state index contributed by atoms with van der Waals surface area (Å²) in [6.07, 6.45) is 0. The van der Waals surface area contributed by atoms with E-state index in [-0.39, 0.29) is 30.6 Å². The smallest absolute Gasteiger partial charge is 0.260 e. The number of rotatable bonds is 9. The van der Waals surface area contributed by atoms with E-state index in [0.29, 0.717) is 29.0 Å². The van der Waals surface area contributed by atoms with Gasteiger partial charge < -0.3 is 14.4 Å². The van der Waals surface area contributed by atoms with Gasteiger partial charge in [-0.1, -0.05) is 36.4 Å². The van der Waals surface area contributed by atoms with Crippen LogP contribution in [0, 0.1) is 5.82 Å². The summed E-state index contributed by atoms with van der Waals surface area (Å²) in [5, 5.41) is 0. The third kappa shape index (κ3) is 5.69. The van der Waals surface area contributed by atoms with Gasteiger partial charge in [0.2, 0.25) is 0 Å². The van der Waals surface area contributed by atoms with Crippen molar-refractivity contribution in [2.24, 2.45) is 0 Å². The molecule has 0 bridgehead atoms. The molecule has 0 saturated carbocycles. The van der Waals surface area contributed by atoms with E-state index in [1.54, 1.807) is 47.4 Å². The molecule has 1 amide bonds. The maximum absolute atomic E-state index is 13.9. The van der Waals surface area contributed by atoms with Crippen LogP contribution < -0.4 is 9.47 Å². The summed E-state index contributed by atoms with van der Waals surface area (Å²) in [5.74, 6) is -0.111. The highest BCUT2D eigenvalue weighted by molar-refractivity contribution is 6.08. The second-order valence-electron chi connectivity index (χ2n) is 6.89. The SMILES string of the molecule is CCN(Cc1ccc(OC)c(F)c1)C(=O)COc1ccc(C(=O)c2ccccc2)cc1. The monoisotopic (exact) mass is 421 g/mol. The number of carbonyl (C=O) groups is 2. The first kappa shape index (κ1) is 22.0. The predicted molar refractivity (Wildman–Crippen MR) is 116 cm³/mol. The number of methoxy groups -OCH3 is 1. The first-order valence-corrected chi connectivity index (χ1v) is 9.94. The van der Waals surface area contributed by atoms with Gasteiger partial charge in [-0.3, -0.25) is 9.59 Å². The fraction of sp³-hybridized carbons (Fsp3) is 0.200. The number of benzene rings is 3. The van der Waals surface area contributed by atoms with E-state index < -0.39 is 5.82 Å². The van der Waals surface area contributed by atoms with Gasteiger partial charge in [0.15, 0.2) is 24.0 Å². The molecule has 0 aliphatic rings. The highest BCUT2D eigenvalue weighted by Gasteiger charge is 2.15. The normalized spacial score (nSPS) is 10.4. The minimum Gasteiger partial charge on any atom is -0.494 e. The van der Waals surface area contributed by atoms with Crippen LogP contribution in [-0.4, -0.2) is 36.9 Å². The molecular formula is C25H24FNO4. The molecule has 0 N–H and O–H groups in total. The molecule has 3 aromatic rings. The van der Waals surface area contributed by atoms with E-state index >= 15 is 0 Å². The van der Waals surface area contributed by atoms with E-state index in [9.17, 15) is 14.0 Å². The van der Waals surface area contributed by atoms with Crippen LogP contribution in [0.1, 0.15) is 28.4 Å². The topological polar surface area (TPSA) is 55.8 Å². The molecule has 5 nitrogen and oxygen atoms in total. The Hall–Kier alpha value is -3.67. The molecule has 0 spiro atoms. The Kier molecular flexibility index (Phi) is 7.38.